The smallest absolute Gasteiger partial charge is 0.205 e. The van der Waals surface area contributed by atoms with Gasteiger partial charge in [-0.1, -0.05) is 24.2 Å². The Balaban J connectivity index is 1.95. The average Bonchev–Trinajstić information content (AvgIpc) is 2.56. The van der Waals surface area contributed by atoms with E-state index >= 15 is 0 Å². The fraction of sp³-hybridized carbons (Fsp3) is 0.778. The standard InChI is InChI=1S/C9H15N3OS/c1-6-11-12-9(14-6)10-7-4-2-3-5-8(7)13/h7-8,13H,2-5H2,1H3,(H,10,12)/t7-,8-/m0/s1. The summed E-state index contributed by atoms with van der Waals surface area (Å²) in [5, 5.41) is 22.7. The molecule has 78 valence electrons. The Kier molecular flexibility index (Phi) is 2.98. The number of rotatable bonds is 2. The lowest BCUT2D eigenvalue weighted by Crippen LogP contribution is -2.36. The minimum atomic E-state index is -0.229. The predicted octanol–water partition coefficient (Wildman–Crippen LogP) is 1.56. The summed E-state index contributed by atoms with van der Waals surface area (Å²) in [6.07, 6.45) is 4.02. The van der Waals surface area contributed by atoms with Gasteiger partial charge in [-0.25, -0.2) is 0 Å². The summed E-state index contributed by atoms with van der Waals surface area (Å²) in [5.74, 6) is 0. The zero-order chi connectivity index (χ0) is 9.97. The monoisotopic (exact) mass is 213 g/mol. The minimum absolute atomic E-state index is 0.163. The van der Waals surface area contributed by atoms with E-state index in [0.29, 0.717) is 0 Å². The molecule has 1 aliphatic carbocycles. The van der Waals surface area contributed by atoms with E-state index in [9.17, 15) is 5.11 Å². The lowest BCUT2D eigenvalue weighted by molar-refractivity contribution is 0.116. The van der Waals surface area contributed by atoms with Gasteiger partial charge in [0.05, 0.1) is 12.1 Å². The van der Waals surface area contributed by atoms with Crippen LogP contribution in [-0.4, -0.2) is 27.4 Å². The van der Waals surface area contributed by atoms with Crippen LogP contribution in [0.3, 0.4) is 0 Å². The summed E-state index contributed by atoms with van der Waals surface area (Å²) in [4.78, 5) is 0. The second-order valence-corrected chi connectivity index (χ2v) is 4.91. The van der Waals surface area contributed by atoms with Crippen molar-refractivity contribution in [3.8, 4) is 0 Å². The Labute approximate surface area is 87.4 Å². The van der Waals surface area contributed by atoms with Gasteiger partial charge in [-0.05, 0) is 19.8 Å². The average molecular weight is 213 g/mol. The largest absolute Gasteiger partial charge is 0.391 e. The lowest BCUT2D eigenvalue weighted by atomic mass is 9.93. The topological polar surface area (TPSA) is 58.0 Å². The highest BCUT2D eigenvalue weighted by molar-refractivity contribution is 7.15. The molecule has 4 nitrogen and oxygen atoms in total. The number of hydrogen-bond acceptors (Lipinski definition) is 5. The van der Waals surface area contributed by atoms with Crippen LogP contribution in [0.25, 0.3) is 0 Å². The highest BCUT2D eigenvalue weighted by atomic mass is 32.1. The fourth-order valence-corrected chi connectivity index (χ4v) is 2.45. The van der Waals surface area contributed by atoms with Gasteiger partial charge in [-0.3, -0.25) is 0 Å². The molecule has 1 heterocycles. The lowest BCUT2D eigenvalue weighted by Gasteiger charge is -2.27. The van der Waals surface area contributed by atoms with Crippen molar-refractivity contribution in [3.63, 3.8) is 0 Å². The van der Waals surface area contributed by atoms with Crippen LogP contribution >= 0.6 is 11.3 Å². The van der Waals surface area contributed by atoms with E-state index < -0.39 is 0 Å². The molecule has 0 spiro atoms. The number of aliphatic hydroxyl groups is 1. The summed E-state index contributed by atoms with van der Waals surface area (Å²) < 4.78 is 0. The second kappa shape index (κ2) is 4.23. The van der Waals surface area contributed by atoms with Crippen molar-refractivity contribution >= 4 is 16.5 Å². The molecular weight excluding hydrogens is 198 g/mol. The van der Waals surface area contributed by atoms with E-state index in [4.69, 9.17) is 0 Å². The zero-order valence-corrected chi connectivity index (χ0v) is 9.05. The Bertz CT molecular complexity index is 302. The summed E-state index contributed by atoms with van der Waals surface area (Å²) >= 11 is 1.54. The van der Waals surface area contributed by atoms with Crippen LogP contribution in [-0.2, 0) is 0 Å². The predicted molar refractivity (Wildman–Crippen MR) is 56.5 cm³/mol. The van der Waals surface area contributed by atoms with Crippen LogP contribution in [0.1, 0.15) is 30.7 Å². The van der Waals surface area contributed by atoms with Crippen LogP contribution in [0.15, 0.2) is 0 Å². The first kappa shape index (κ1) is 9.86. The van der Waals surface area contributed by atoms with Crippen molar-refractivity contribution in [2.75, 3.05) is 5.32 Å². The molecule has 2 atom stereocenters. The molecule has 1 aliphatic rings. The minimum Gasteiger partial charge on any atom is -0.391 e. The molecule has 0 bridgehead atoms. The molecule has 14 heavy (non-hydrogen) atoms. The number of aryl methyl sites for hydroxylation is 1. The van der Waals surface area contributed by atoms with E-state index in [1.54, 1.807) is 0 Å². The summed E-state index contributed by atoms with van der Waals surface area (Å²) in [5.41, 5.74) is 0. The van der Waals surface area contributed by atoms with Gasteiger partial charge in [0.2, 0.25) is 5.13 Å². The Morgan fingerprint density at radius 1 is 1.36 bits per heavy atom. The van der Waals surface area contributed by atoms with Crippen molar-refractivity contribution in [1.29, 1.82) is 0 Å². The molecule has 2 N–H and O–H groups in total. The van der Waals surface area contributed by atoms with Crippen LogP contribution in [0.5, 0.6) is 0 Å². The van der Waals surface area contributed by atoms with Gasteiger partial charge in [0, 0.05) is 0 Å². The van der Waals surface area contributed by atoms with Gasteiger partial charge in [0.1, 0.15) is 5.01 Å². The normalized spacial score (nSPS) is 27.6. The van der Waals surface area contributed by atoms with E-state index in [-0.39, 0.29) is 12.1 Å². The molecule has 0 radical (unpaired) electrons. The van der Waals surface area contributed by atoms with Crippen molar-refractivity contribution in [2.24, 2.45) is 0 Å². The van der Waals surface area contributed by atoms with E-state index in [1.165, 1.54) is 17.8 Å². The maximum Gasteiger partial charge on any atom is 0.205 e. The third kappa shape index (κ3) is 2.22. The SMILES string of the molecule is Cc1nnc(N[C@H]2CCCC[C@@H]2O)s1. The number of nitrogens with one attached hydrogen (secondary N) is 1. The molecule has 0 saturated heterocycles. The maximum absolute atomic E-state index is 9.73. The first-order valence-corrected chi connectivity index (χ1v) is 5.82. The fourth-order valence-electron chi connectivity index (χ4n) is 1.79. The van der Waals surface area contributed by atoms with Gasteiger partial charge >= 0.3 is 0 Å². The Morgan fingerprint density at radius 3 is 2.79 bits per heavy atom. The molecule has 1 fully saturated rings. The third-order valence-electron chi connectivity index (χ3n) is 2.56. The van der Waals surface area contributed by atoms with Crippen molar-refractivity contribution < 1.29 is 5.11 Å². The Morgan fingerprint density at radius 2 is 2.14 bits per heavy atom. The van der Waals surface area contributed by atoms with Crippen molar-refractivity contribution in [2.45, 2.75) is 44.8 Å². The van der Waals surface area contributed by atoms with Crippen LogP contribution < -0.4 is 5.32 Å². The second-order valence-electron chi connectivity index (χ2n) is 3.73. The third-order valence-corrected chi connectivity index (χ3v) is 3.33. The highest BCUT2D eigenvalue weighted by Gasteiger charge is 2.23. The number of nitrogens with zero attached hydrogens (tertiary/aromatic N) is 2. The molecule has 0 unspecified atom stereocenters. The number of hydrogen-bond donors (Lipinski definition) is 2. The quantitative estimate of drug-likeness (QED) is 0.782. The van der Waals surface area contributed by atoms with Crippen LogP contribution in [0.4, 0.5) is 5.13 Å². The van der Waals surface area contributed by atoms with Gasteiger partial charge < -0.3 is 10.4 Å². The summed E-state index contributed by atoms with van der Waals surface area (Å²) in [6, 6.07) is 0.163. The molecule has 0 aliphatic heterocycles. The molecule has 0 aromatic carbocycles. The maximum atomic E-state index is 9.73. The molecular formula is C9H15N3OS. The molecule has 1 aromatic rings. The zero-order valence-electron chi connectivity index (χ0n) is 8.23. The molecule has 0 amide bonds. The first-order chi connectivity index (χ1) is 6.75. The van der Waals surface area contributed by atoms with Gasteiger partial charge in [-0.15, -0.1) is 10.2 Å². The molecule has 5 heteroatoms. The molecule has 2 rings (SSSR count). The molecule has 1 saturated carbocycles. The van der Waals surface area contributed by atoms with Gasteiger partial charge in [0.15, 0.2) is 0 Å². The number of anilines is 1. The van der Waals surface area contributed by atoms with Crippen molar-refractivity contribution in [1.82, 2.24) is 10.2 Å². The van der Waals surface area contributed by atoms with Gasteiger partial charge in [-0.2, -0.15) is 0 Å². The summed E-state index contributed by atoms with van der Waals surface area (Å²) in [6.45, 7) is 1.93. The van der Waals surface area contributed by atoms with Crippen LogP contribution in [0.2, 0.25) is 0 Å². The van der Waals surface area contributed by atoms with E-state index in [0.717, 1.165) is 29.4 Å². The molecule has 1 aromatic heterocycles. The van der Waals surface area contributed by atoms with Crippen LogP contribution in [0, 0.1) is 6.92 Å². The van der Waals surface area contributed by atoms with E-state index in [2.05, 4.69) is 15.5 Å². The summed E-state index contributed by atoms with van der Waals surface area (Å²) in [7, 11) is 0. The first-order valence-electron chi connectivity index (χ1n) is 5.00. The number of aliphatic hydroxyl groups excluding tert-OH is 1. The highest BCUT2D eigenvalue weighted by Crippen LogP contribution is 2.23. The Hall–Kier alpha value is -0.680. The van der Waals surface area contributed by atoms with Crippen molar-refractivity contribution in [3.05, 3.63) is 5.01 Å². The number of aromatic nitrogens is 2. The van der Waals surface area contributed by atoms with Gasteiger partial charge in [0.25, 0.3) is 0 Å². The van der Waals surface area contributed by atoms with E-state index in [1.807, 2.05) is 6.92 Å².